The second kappa shape index (κ2) is 6.44. The van der Waals surface area contributed by atoms with Crippen LogP contribution in [0.4, 0.5) is 5.82 Å². The second-order valence-electron chi connectivity index (χ2n) is 5.03. The first-order valence-corrected chi connectivity index (χ1v) is 7.64. The van der Waals surface area contributed by atoms with Crippen LogP contribution in [0, 0.1) is 6.92 Å². The lowest BCUT2D eigenvalue weighted by Crippen LogP contribution is -2.35. The third kappa shape index (κ3) is 3.19. The number of hydroxylamine groups is 1. The molecule has 2 aromatic heterocycles. The van der Waals surface area contributed by atoms with Crippen molar-refractivity contribution in [2.24, 2.45) is 0 Å². The Hall–Kier alpha value is -1.60. The van der Waals surface area contributed by atoms with E-state index in [2.05, 4.69) is 33.2 Å². The van der Waals surface area contributed by atoms with Crippen LogP contribution in [0.5, 0.6) is 0 Å². The molecule has 0 spiro atoms. The van der Waals surface area contributed by atoms with Crippen LogP contribution in [-0.2, 0) is 11.2 Å². The van der Waals surface area contributed by atoms with Gasteiger partial charge in [0.15, 0.2) is 0 Å². The summed E-state index contributed by atoms with van der Waals surface area (Å²) in [5.41, 5.74) is 4.58. The van der Waals surface area contributed by atoms with Gasteiger partial charge in [-0.25, -0.2) is 10.5 Å². The molecule has 1 unspecified atom stereocenters. The van der Waals surface area contributed by atoms with Gasteiger partial charge >= 0.3 is 0 Å². The van der Waals surface area contributed by atoms with Crippen LogP contribution in [0.2, 0.25) is 0 Å². The minimum Gasteiger partial charge on any atom is -0.357 e. The summed E-state index contributed by atoms with van der Waals surface area (Å²) in [7, 11) is 0. The first kappa shape index (κ1) is 15.8. The molecule has 0 saturated carbocycles. The molecule has 21 heavy (non-hydrogen) atoms. The quantitative estimate of drug-likeness (QED) is 0.569. The molecule has 0 aliphatic rings. The number of anilines is 1. The van der Waals surface area contributed by atoms with E-state index in [0.29, 0.717) is 5.82 Å². The maximum absolute atomic E-state index is 11.5. The summed E-state index contributed by atoms with van der Waals surface area (Å²) in [6, 6.07) is 1.44. The molecule has 0 aliphatic carbocycles. The SMILES string of the molecule is CCCc1c(NC(C)C(=O)NO)nc2c(C)cc(Br)cn12. The Kier molecular flexibility index (Phi) is 4.84. The molecular formula is C14H19BrN4O2. The van der Waals surface area contributed by atoms with Crippen molar-refractivity contribution in [3.05, 3.63) is 28.0 Å². The second-order valence-corrected chi connectivity index (χ2v) is 5.95. The van der Waals surface area contributed by atoms with E-state index in [1.807, 2.05) is 23.6 Å². The third-order valence-corrected chi connectivity index (χ3v) is 3.75. The van der Waals surface area contributed by atoms with Crippen molar-refractivity contribution in [3.8, 4) is 0 Å². The van der Waals surface area contributed by atoms with Gasteiger partial charge in [0.05, 0.1) is 5.69 Å². The van der Waals surface area contributed by atoms with Crippen LogP contribution in [0.15, 0.2) is 16.7 Å². The van der Waals surface area contributed by atoms with Gasteiger partial charge in [-0.05, 0) is 47.8 Å². The summed E-state index contributed by atoms with van der Waals surface area (Å²) in [6.45, 7) is 5.77. The zero-order valence-electron chi connectivity index (χ0n) is 12.3. The first-order chi connectivity index (χ1) is 9.97. The molecule has 2 aromatic rings. The fraction of sp³-hybridized carbons (Fsp3) is 0.429. The van der Waals surface area contributed by atoms with Crippen molar-refractivity contribution >= 4 is 33.3 Å². The van der Waals surface area contributed by atoms with Crippen molar-refractivity contribution in [1.29, 1.82) is 0 Å². The fourth-order valence-electron chi connectivity index (χ4n) is 2.27. The predicted octanol–water partition coefficient (Wildman–Crippen LogP) is 2.66. The number of nitrogens with zero attached hydrogens (tertiary/aromatic N) is 2. The summed E-state index contributed by atoms with van der Waals surface area (Å²) in [5.74, 6) is 0.182. The molecule has 6 nitrogen and oxygen atoms in total. The van der Waals surface area contributed by atoms with E-state index in [0.717, 1.165) is 34.2 Å². The Morgan fingerprint density at radius 3 is 2.90 bits per heavy atom. The standard InChI is InChI=1S/C14H19BrN4O2/c1-4-5-11-12(16-9(3)14(20)18-21)17-13-8(2)6-10(15)7-19(11)13/h6-7,9,16,21H,4-5H2,1-3H3,(H,18,20). The number of carbonyl (C=O) groups is 1. The predicted molar refractivity (Wildman–Crippen MR) is 84.6 cm³/mol. The topological polar surface area (TPSA) is 78.7 Å². The zero-order chi connectivity index (χ0) is 15.6. The normalized spacial score (nSPS) is 12.4. The summed E-state index contributed by atoms with van der Waals surface area (Å²) in [5, 5.41) is 11.8. The van der Waals surface area contributed by atoms with Gasteiger partial charge in [-0.2, -0.15) is 0 Å². The summed E-state index contributed by atoms with van der Waals surface area (Å²) < 4.78 is 3.02. The number of nitrogens with one attached hydrogen (secondary N) is 2. The molecule has 2 rings (SSSR count). The lowest BCUT2D eigenvalue weighted by Gasteiger charge is -2.12. The number of hydrogen-bond acceptors (Lipinski definition) is 4. The number of rotatable bonds is 5. The van der Waals surface area contributed by atoms with Gasteiger partial charge in [0.25, 0.3) is 5.91 Å². The molecule has 0 aliphatic heterocycles. The van der Waals surface area contributed by atoms with Crippen molar-refractivity contribution in [3.63, 3.8) is 0 Å². The monoisotopic (exact) mass is 354 g/mol. The minimum atomic E-state index is -0.570. The van der Waals surface area contributed by atoms with E-state index >= 15 is 0 Å². The highest BCUT2D eigenvalue weighted by Gasteiger charge is 2.18. The minimum absolute atomic E-state index is 0.493. The maximum Gasteiger partial charge on any atom is 0.265 e. The Morgan fingerprint density at radius 1 is 1.57 bits per heavy atom. The Labute approximate surface area is 131 Å². The van der Waals surface area contributed by atoms with Crippen LogP contribution >= 0.6 is 15.9 Å². The Morgan fingerprint density at radius 2 is 2.29 bits per heavy atom. The number of aryl methyl sites for hydroxylation is 2. The van der Waals surface area contributed by atoms with Crippen molar-refractivity contribution in [2.75, 3.05) is 5.32 Å². The molecule has 0 radical (unpaired) electrons. The molecule has 1 amide bonds. The van der Waals surface area contributed by atoms with E-state index in [1.165, 1.54) is 0 Å². The van der Waals surface area contributed by atoms with Crippen LogP contribution < -0.4 is 10.8 Å². The summed E-state index contributed by atoms with van der Waals surface area (Å²) in [6.07, 6.45) is 3.78. The first-order valence-electron chi connectivity index (χ1n) is 6.85. The van der Waals surface area contributed by atoms with Gasteiger partial charge in [-0.3, -0.25) is 10.0 Å². The van der Waals surface area contributed by atoms with E-state index in [1.54, 1.807) is 12.4 Å². The van der Waals surface area contributed by atoms with Crippen molar-refractivity contribution in [2.45, 2.75) is 39.7 Å². The highest BCUT2D eigenvalue weighted by atomic mass is 79.9. The highest BCUT2D eigenvalue weighted by molar-refractivity contribution is 9.10. The van der Waals surface area contributed by atoms with Gasteiger partial charge in [0, 0.05) is 10.7 Å². The molecule has 0 fully saturated rings. The van der Waals surface area contributed by atoms with Gasteiger partial charge in [0.2, 0.25) is 0 Å². The number of pyridine rings is 1. The zero-order valence-corrected chi connectivity index (χ0v) is 13.9. The van der Waals surface area contributed by atoms with E-state index in [4.69, 9.17) is 5.21 Å². The van der Waals surface area contributed by atoms with Gasteiger partial charge < -0.3 is 9.72 Å². The fourth-order valence-corrected chi connectivity index (χ4v) is 2.82. The molecule has 0 saturated heterocycles. The number of aromatic nitrogens is 2. The number of halogens is 1. The molecule has 1 atom stereocenters. The number of amides is 1. The highest BCUT2D eigenvalue weighted by Crippen LogP contribution is 2.25. The van der Waals surface area contributed by atoms with Crippen LogP contribution in [0.25, 0.3) is 5.65 Å². The molecule has 114 valence electrons. The average molecular weight is 355 g/mol. The molecule has 2 heterocycles. The van der Waals surface area contributed by atoms with E-state index in [9.17, 15) is 4.79 Å². The molecular weight excluding hydrogens is 336 g/mol. The van der Waals surface area contributed by atoms with Gasteiger partial charge in [-0.1, -0.05) is 13.3 Å². The van der Waals surface area contributed by atoms with Crippen LogP contribution in [0.1, 0.15) is 31.5 Å². The number of imidazole rings is 1. The number of hydrogen-bond donors (Lipinski definition) is 3. The van der Waals surface area contributed by atoms with Crippen LogP contribution in [-0.4, -0.2) is 26.5 Å². The smallest absolute Gasteiger partial charge is 0.265 e. The van der Waals surface area contributed by atoms with Gasteiger partial charge in [-0.15, -0.1) is 0 Å². The van der Waals surface area contributed by atoms with Crippen molar-refractivity contribution < 1.29 is 10.0 Å². The molecule has 0 bridgehead atoms. The van der Waals surface area contributed by atoms with E-state index < -0.39 is 11.9 Å². The number of fused-ring (bicyclic) bond motifs is 1. The number of carbonyl (C=O) groups excluding carboxylic acids is 1. The van der Waals surface area contributed by atoms with Gasteiger partial charge in [0.1, 0.15) is 17.5 Å². The summed E-state index contributed by atoms with van der Waals surface area (Å²) in [4.78, 5) is 16.1. The third-order valence-electron chi connectivity index (χ3n) is 3.31. The Balaban J connectivity index is 2.49. The lowest BCUT2D eigenvalue weighted by molar-refractivity contribution is -0.129. The maximum atomic E-state index is 11.5. The Bertz CT molecular complexity index is 669. The summed E-state index contributed by atoms with van der Waals surface area (Å²) >= 11 is 3.50. The molecule has 7 heteroatoms. The molecule has 0 aromatic carbocycles. The largest absolute Gasteiger partial charge is 0.357 e. The van der Waals surface area contributed by atoms with Crippen molar-refractivity contribution in [1.82, 2.24) is 14.9 Å². The molecule has 3 N–H and O–H groups in total. The van der Waals surface area contributed by atoms with Crippen LogP contribution in [0.3, 0.4) is 0 Å². The average Bonchev–Trinajstić information content (AvgIpc) is 2.77. The van der Waals surface area contributed by atoms with E-state index in [-0.39, 0.29) is 0 Å². The lowest BCUT2D eigenvalue weighted by atomic mass is 10.2.